The lowest BCUT2D eigenvalue weighted by molar-refractivity contribution is -0.144. The van der Waals surface area contributed by atoms with Crippen LogP contribution in [0.5, 0.6) is 11.8 Å². The van der Waals surface area contributed by atoms with Gasteiger partial charge in [-0.25, -0.2) is 19.9 Å². The van der Waals surface area contributed by atoms with E-state index in [9.17, 15) is 13.2 Å². The number of halogens is 5. The van der Waals surface area contributed by atoms with E-state index in [1.165, 1.54) is 18.5 Å². The Balaban J connectivity index is 1.77. The van der Waals surface area contributed by atoms with Crippen molar-refractivity contribution in [3.05, 3.63) is 45.5 Å². The molecule has 0 bridgehead atoms. The molecule has 1 aliphatic heterocycles. The summed E-state index contributed by atoms with van der Waals surface area (Å²) in [6, 6.07) is 3.16. The molecule has 31 heavy (non-hydrogen) atoms. The molecule has 0 unspecified atom stereocenters. The zero-order valence-corrected chi connectivity index (χ0v) is 18.5. The predicted molar refractivity (Wildman–Crippen MR) is 111 cm³/mol. The van der Waals surface area contributed by atoms with Crippen molar-refractivity contribution in [3.8, 4) is 11.8 Å². The van der Waals surface area contributed by atoms with Gasteiger partial charge in [-0.1, -0.05) is 27.5 Å². The number of benzene rings is 1. The molecule has 1 aromatic carbocycles. The maximum absolute atomic E-state index is 13.5. The van der Waals surface area contributed by atoms with Gasteiger partial charge in [-0.2, -0.15) is 13.2 Å². The Morgan fingerprint density at radius 1 is 1.13 bits per heavy atom. The summed E-state index contributed by atoms with van der Waals surface area (Å²) in [6.07, 6.45) is 0.879. The van der Waals surface area contributed by atoms with Gasteiger partial charge in [-0.05, 0) is 43.7 Å². The van der Waals surface area contributed by atoms with Crippen molar-refractivity contribution < 1.29 is 22.6 Å². The van der Waals surface area contributed by atoms with Crippen LogP contribution in [0.2, 0.25) is 5.02 Å². The molecule has 1 aliphatic rings. The van der Waals surface area contributed by atoms with Crippen molar-refractivity contribution in [3.63, 3.8) is 0 Å². The molecule has 6 nitrogen and oxygen atoms in total. The van der Waals surface area contributed by atoms with Gasteiger partial charge in [0.25, 0.3) is 0 Å². The van der Waals surface area contributed by atoms with Crippen LogP contribution in [-0.4, -0.2) is 33.1 Å². The molecule has 0 radical (unpaired) electrons. The standard InChI is InChI=1S/C20H17BrClF3N4O2/c21-12-7-15-17(16(8-12)31-19-26-9-13(22)10-27-19)14(28-18(29-15)20(23,24)25)2-1-11-3-5-30-6-4-11/h7-11H,1-6H2. The Morgan fingerprint density at radius 3 is 2.52 bits per heavy atom. The van der Waals surface area contributed by atoms with E-state index in [2.05, 4.69) is 35.9 Å². The first-order valence-electron chi connectivity index (χ1n) is 9.60. The van der Waals surface area contributed by atoms with E-state index in [4.69, 9.17) is 21.1 Å². The van der Waals surface area contributed by atoms with Crippen LogP contribution in [0.1, 0.15) is 30.8 Å². The highest BCUT2D eigenvalue weighted by atomic mass is 79.9. The minimum Gasteiger partial charge on any atom is -0.423 e. The largest absolute Gasteiger partial charge is 0.451 e. The molecule has 164 valence electrons. The number of rotatable bonds is 5. The van der Waals surface area contributed by atoms with E-state index in [-0.39, 0.29) is 23.0 Å². The van der Waals surface area contributed by atoms with Crippen LogP contribution in [0.4, 0.5) is 13.2 Å². The number of fused-ring (bicyclic) bond motifs is 1. The number of alkyl halides is 3. The highest BCUT2D eigenvalue weighted by Crippen LogP contribution is 2.37. The fourth-order valence-electron chi connectivity index (χ4n) is 3.48. The molecule has 0 atom stereocenters. The third-order valence-corrected chi connectivity index (χ3v) is 5.64. The molecule has 0 saturated carbocycles. The van der Waals surface area contributed by atoms with Crippen molar-refractivity contribution in [2.24, 2.45) is 5.92 Å². The summed E-state index contributed by atoms with van der Waals surface area (Å²) in [7, 11) is 0. The monoisotopic (exact) mass is 516 g/mol. The van der Waals surface area contributed by atoms with Crippen LogP contribution in [-0.2, 0) is 17.3 Å². The molecule has 0 amide bonds. The fourth-order valence-corrected chi connectivity index (χ4v) is 4.01. The summed E-state index contributed by atoms with van der Waals surface area (Å²) in [5.74, 6) is -0.538. The van der Waals surface area contributed by atoms with E-state index < -0.39 is 12.0 Å². The average Bonchev–Trinajstić information content (AvgIpc) is 2.73. The van der Waals surface area contributed by atoms with Crippen LogP contribution in [0.3, 0.4) is 0 Å². The van der Waals surface area contributed by atoms with Crippen LogP contribution in [0.25, 0.3) is 10.9 Å². The zero-order chi connectivity index (χ0) is 22.0. The molecule has 3 aromatic rings. The van der Waals surface area contributed by atoms with Crippen molar-refractivity contribution in [1.82, 2.24) is 19.9 Å². The highest BCUT2D eigenvalue weighted by Gasteiger charge is 2.36. The van der Waals surface area contributed by atoms with Gasteiger partial charge in [0.15, 0.2) is 0 Å². The summed E-state index contributed by atoms with van der Waals surface area (Å²) >= 11 is 9.12. The topological polar surface area (TPSA) is 70.0 Å². The second-order valence-electron chi connectivity index (χ2n) is 7.17. The fraction of sp³-hybridized carbons (Fsp3) is 0.400. The van der Waals surface area contributed by atoms with Crippen LogP contribution in [0, 0.1) is 5.92 Å². The summed E-state index contributed by atoms with van der Waals surface area (Å²) in [4.78, 5) is 15.6. The zero-order valence-electron chi connectivity index (χ0n) is 16.1. The van der Waals surface area contributed by atoms with Crippen LogP contribution >= 0.6 is 27.5 Å². The molecular formula is C20H17BrClF3N4O2. The van der Waals surface area contributed by atoms with E-state index >= 15 is 0 Å². The Bertz CT molecular complexity index is 1080. The highest BCUT2D eigenvalue weighted by molar-refractivity contribution is 9.10. The average molecular weight is 518 g/mol. The number of nitrogens with zero attached hydrogens (tertiary/aromatic N) is 4. The molecule has 3 heterocycles. The Labute approximate surface area is 189 Å². The Morgan fingerprint density at radius 2 is 1.84 bits per heavy atom. The molecule has 4 rings (SSSR count). The second-order valence-corrected chi connectivity index (χ2v) is 8.52. The minimum absolute atomic E-state index is 0.0130. The molecule has 1 saturated heterocycles. The summed E-state index contributed by atoms with van der Waals surface area (Å²) in [6.45, 7) is 1.33. The van der Waals surface area contributed by atoms with Crippen molar-refractivity contribution >= 4 is 38.4 Å². The van der Waals surface area contributed by atoms with E-state index in [1.54, 1.807) is 6.07 Å². The Kier molecular flexibility index (Phi) is 6.59. The predicted octanol–water partition coefficient (Wildman–Crippen LogP) is 6.01. The number of aryl methyl sites for hydroxylation is 1. The van der Waals surface area contributed by atoms with Gasteiger partial charge in [0.2, 0.25) is 5.82 Å². The number of hydrogen-bond donors (Lipinski definition) is 0. The molecule has 1 fully saturated rings. The van der Waals surface area contributed by atoms with Crippen molar-refractivity contribution in [2.45, 2.75) is 31.9 Å². The van der Waals surface area contributed by atoms with E-state index in [1.807, 2.05) is 0 Å². The summed E-state index contributed by atoms with van der Waals surface area (Å²) in [5.41, 5.74) is 0.405. The lowest BCUT2D eigenvalue weighted by Gasteiger charge is -2.22. The smallest absolute Gasteiger partial charge is 0.423 e. The number of hydrogen-bond acceptors (Lipinski definition) is 6. The lowest BCUT2D eigenvalue weighted by atomic mass is 9.93. The first-order chi connectivity index (χ1) is 14.8. The maximum atomic E-state index is 13.5. The molecule has 11 heteroatoms. The van der Waals surface area contributed by atoms with Gasteiger partial charge in [-0.3, -0.25) is 0 Å². The Hall–Kier alpha value is -2.04. The van der Waals surface area contributed by atoms with Gasteiger partial charge >= 0.3 is 12.2 Å². The number of aromatic nitrogens is 4. The van der Waals surface area contributed by atoms with Gasteiger partial charge < -0.3 is 9.47 Å². The van der Waals surface area contributed by atoms with Gasteiger partial charge in [0.1, 0.15) is 5.75 Å². The van der Waals surface area contributed by atoms with Gasteiger partial charge in [0.05, 0.1) is 34.0 Å². The normalized spacial score (nSPS) is 15.4. The van der Waals surface area contributed by atoms with Crippen LogP contribution in [0.15, 0.2) is 29.0 Å². The summed E-state index contributed by atoms with van der Waals surface area (Å²) < 4.78 is 52.0. The summed E-state index contributed by atoms with van der Waals surface area (Å²) in [5, 5.41) is 0.739. The SMILES string of the molecule is FC(F)(F)c1nc(CCC2CCOCC2)c2c(Oc3ncc(Cl)cn3)cc(Br)cc2n1. The lowest BCUT2D eigenvalue weighted by Crippen LogP contribution is -2.17. The quantitative estimate of drug-likeness (QED) is 0.413. The first kappa shape index (κ1) is 22.2. The second kappa shape index (κ2) is 9.22. The van der Waals surface area contributed by atoms with E-state index in [0.717, 1.165) is 12.8 Å². The van der Waals surface area contributed by atoms with Crippen LogP contribution < -0.4 is 4.74 Å². The van der Waals surface area contributed by atoms with E-state index in [0.29, 0.717) is 46.9 Å². The molecule has 0 aliphatic carbocycles. The molecule has 0 spiro atoms. The molecular weight excluding hydrogens is 501 g/mol. The van der Waals surface area contributed by atoms with Gasteiger partial charge in [-0.15, -0.1) is 0 Å². The minimum atomic E-state index is -4.66. The van der Waals surface area contributed by atoms with Crippen molar-refractivity contribution in [1.29, 1.82) is 0 Å². The third-order valence-electron chi connectivity index (χ3n) is 4.98. The first-order valence-corrected chi connectivity index (χ1v) is 10.8. The maximum Gasteiger partial charge on any atom is 0.451 e. The third kappa shape index (κ3) is 5.42. The molecule has 2 aromatic heterocycles. The van der Waals surface area contributed by atoms with Gasteiger partial charge in [0, 0.05) is 17.7 Å². The van der Waals surface area contributed by atoms with Crippen molar-refractivity contribution in [2.75, 3.05) is 13.2 Å². The number of ether oxygens (including phenoxy) is 2. The molecule has 0 N–H and O–H groups in total.